The molecule has 0 spiro atoms. The van der Waals surface area contributed by atoms with Gasteiger partial charge in [0.1, 0.15) is 0 Å². The van der Waals surface area contributed by atoms with E-state index in [1.54, 1.807) is 0 Å². The van der Waals surface area contributed by atoms with Crippen molar-refractivity contribution in [3.63, 3.8) is 0 Å². The van der Waals surface area contributed by atoms with Crippen molar-refractivity contribution in [3.8, 4) is 0 Å². The average Bonchev–Trinajstić information content (AvgIpc) is 2.89. The Morgan fingerprint density at radius 1 is 1.35 bits per heavy atom. The number of fused-ring (bicyclic) bond motifs is 1. The summed E-state index contributed by atoms with van der Waals surface area (Å²) in [7, 11) is 0. The zero-order valence-electron chi connectivity index (χ0n) is 9.19. The highest BCUT2D eigenvalue weighted by atomic mass is 79.9. The van der Waals surface area contributed by atoms with E-state index in [1.165, 1.54) is 11.3 Å². The van der Waals surface area contributed by atoms with E-state index in [4.69, 9.17) is 0 Å². The molecule has 2 aliphatic heterocycles. The lowest BCUT2D eigenvalue weighted by Crippen LogP contribution is -2.31. The molecule has 3 nitrogen and oxygen atoms in total. The Labute approximate surface area is 119 Å². The number of halogens is 2. The van der Waals surface area contributed by atoms with Gasteiger partial charge in [0.15, 0.2) is 0 Å². The topological polar surface area (TPSA) is 32.3 Å². The van der Waals surface area contributed by atoms with Crippen LogP contribution in [0, 0.1) is 11.8 Å². The van der Waals surface area contributed by atoms with Gasteiger partial charge in [0.05, 0.1) is 8.66 Å². The number of hydrogen-bond donors (Lipinski definition) is 1. The minimum absolute atomic E-state index is 0. The van der Waals surface area contributed by atoms with E-state index in [9.17, 15) is 4.79 Å². The highest BCUT2D eigenvalue weighted by Crippen LogP contribution is 2.29. The van der Waals surface area contributed by atoms with E-state index >= 15 is 0 Å². The normalized spacial score (nSPS) is 26.8. The van der Waals surface area contributed by atoms with E-state index in [0.29, 0.717) is 11.8 Å². The molecule has 2 atom stereocenters. The van der Waals surface area contributed by atoms with Crippen LogP contribution in [0.2, 0.25) is 0 Å². The van der Waals surface area contributed by atoms with Gasteiger partial charge >= 0.3 is 0 Å². The van der Waals surface area contributed by atoms with Gasteiger partial charge in [-0.05, 0) is 39.9 Å². The highest BCUT2D eigenvalue weighted by molar-refractivity contribution is 9.11. The minimum Gasteiger partial charge on any atom is -0.337 e. The quantitative estimate of drug-likeness (QED) is 0.852. The van der Waals surface area contributed by atoms with Gasteiger partial charge in [-0.15, -0.1) is 23.7 Å². The summed E-state index contributed by atoms with van der Waals surface area (Å²) < 4.78 is 1.02. The second-order valence-electron chi connectivity index (χ2n) is 4.49. The first-order chi connectivity index (χ1) is 7.74. The van der Waals surface area contributed by atoms with Crippen molar-refractivity contribution in [2.45, 2.75) is 0 Å². The van der Waals surface area contributed by atoms with Gasteiger partial charge in [-0.3, -0.25) is 4.79 Å². The van der Waals surface area contributed by atoms with Crippen molar-refractivity contribution in [1.82, 2.24) is 10.2 Å². The van der Waals surface area contributed by atoms with Gasteiger partial charge in [0.25, 0.3) is 5.91 Å². The van der Waals surface area contributed by atoms with Crippen molar-refractivity contribution in [2.24, 2.45) is 11.8 Å². The standard InChI is InChI=1S/C11H13BrN2OS.ClH/c12-10-2-1-9(16-10)11(15)14-5-7-3-13-4-8(7)6-14;/h1-2,7-8,13H,3-6H2;1H/t7-,8+;. The number of nitrogens with one attached hydrogen (secondary N) is 1. The summed E-state index contributed by atoms with van der Waals surface area (Å²) in [6.45, 7) is 3.99. The van der Waals surface area contributed by atoms with Gasteiger partial charge in [0.2, 0.25) is 0 Å². The van der Waals surface area contributed by atoms with Crippen LogP contribution in [0.25, 0.3) is 0 Å². The smallest absolute Gasteiger partial charge is 0.263 e. The average molecular weight is 338 g/mol. The zero-order valence-corrected chi connectivity index (χ0v) is 12.4. The van der Waals surface area contributed by atoms with Gasteiger partial charge in [-0.1, -0.05) is 0 Å². The molecule has 1 amide bonds. The van der Waals surface area contributed by atoms with Crippen molar-refractivity contribution >= 4 is 45.6 Å². The predicted octanol–water partition coefficient (Wildman–Crippen LogP) is 2.22. The maximum absolute atomic E-state index is 12.2. The molecule has 17 heavy (non-hydrogen) atoms. The predicted molar refractivity (Wildman–Crippen MR) is 75.0 cm³/mol. The Balaban J connectivity index is 0.00000108. The molecule has 2 aliphatic rings. The van der Waals surface area contributed by atoms with Crippen molar-refractivity contribution in [3.05, 3.63) is 20.8 Å². The monoisotopic (exact) mass is 336 g/mol. The summed E-state index contributed by atoms with van der Waals surface area (Å²) in [6, 6.07) is 3.85. The first-order valence-electron chi connectivity index (χ1n) is 5.49. The Hall–Kier alpha value is -0.100. The molecule has 3 rings (SSSR count). The summed E-state index contributed by atoms with van der Waals surface area (Å²) in [6.07, 6.45) is 0. The number of thiophene rings is 1. The second-order valence-corrected chi connectivity index (χ2v) is 6.96. The van der Waals surface area contributed by atoms with E-state index in [1.807, 2.05) is 17.0 Å². The number of carbonyl (C=O) groups is 1. The molecular weight excluding hydrogens is 324 g/mol. The van der Waals surface area contributed by atoms with Crippen LogP contribution in [0.15, 0.2) is 15.9 Å². The third kappa shape index (κ3) is 2.52. The summed E-state index contributed by atoms with van der Waals surface area (Å²) in [5, 5.41) is 3.38. The maximum Gasteiger partial charge on any atom is 0.263 e. The molecular formula is C11H14BrClN2OS. The lowest BCUT2D eigenvalue weighted by atomic mass is 10.0. The highest BCUT2D eigenvalue weighted by Gasteiger charge is 2.38. The van der Waals surface area contributed by atoms with Crippen LogP contribution in [0.3, 0.4) is 0 Å². The molecule has 1 N–H and O–H groups in total. The Morgan fingerprint density at radius 2 is 2.00 bits per heavy atom. The molecule has 0 radical (unpaired) electrons. The summed E-state index contributed by atoms with van der Waals surface area (Å²) in [4.78, 5) is 15.0. The molecule has 1 aromatic heterocycles. The van der Waals surface area contributed by atoms with Crippen molar-refractivity contribution in [2.75, 3.05) is 26.2 Å². The summed E-state index contributed by atoms with van der Waals surface area (Å²) in [5.41, 5.74) is 0. The number of carbonyl (C=O) groups excluding carboxylic acids is 1. The molecule has 3 heterocycles. The third-order valence-corrected chi connectivity index (χ3v) is 5.07. The lowest BCUT2D eigenvalue weighted by molar-refractivity contribution is 0.0786. The maximum atomic E-state index is 12.2. The molecule has 1 aromatic rings. The fourth-order valence-corrected chi connectivity index (χ4v) is 3.96. The third-order valence-electron chi connectivity index (χ3n) is 3.46. The van der Waals surface area contributed by atoms with Gasteiger partial charge in [-0.25, -0.2) is 0 Å². The first kappa shape index (κ1) is 13.3. The Morgan fingerprint density at radius 3 is 2.53 bits per heavy atom. The lowest BCUT2D eigenvalue weighted by Gasteiger charge is -2.16. The van der Waals surface area contributed by atoms with Crippen LogP contribution in [-0.2, 0) is 0 Å². The summed E-state index contributed by atoms with van der Waals surface area (Å²) in [5.74, 6) is 1.55. The number of hydrogen-bond acceptors (Lipinski definition) is 3. The molecule has 2 fully saturated rings. The molecule has 0 saturated carbocycles. The van der Waals surface area contributed by atoms with Crippen molar-refractivity contribution < 1.29 is 4.79 Å². The fraction of sp³-hybridized carbons (Fsp3) is 0.545. The Bertz CT molecular complexity index is 413. The van der Waals surface area contributed by atoms with Crippen LogP contribution < -0.4 is 5.32 Å². The SMILES string of the molecule is Cl.O=C(c1ccc(Br)s1)N1C[C@H]2CNC[C@H]2C1. The first-order valence-corrected chi connectivity index (χ1v) is 7.10. The minimum atomic E-state index is 0. The number of rotatable bonds is 1. The molecule has 6 heteroatoms. The number of nitrogens with zero attached hydrogens (tertiary/aromatic N) is 1. The van der Waals surface area contributed by atoms with Gasteiger partial charge in [-0.2, -0.15) is 0 Å². The number of likely N-dealkylation sites (tertiary alicyclic amines) is 1. The Kier molecular flexibility index (Phi) is 4.13. The van der Waals surface area contributed by atoms with E-state index in [2.05, 4.69) is 21.2 Å². The molecule has 94 valence electrons. The largest absolute Gasteiger partial charge is 0.337 e. The van der Waals surface area contributed by atoms with Crippen LogP contribution in [0.4, 0.5) is 0 Å². The second kappa shape index (κ2) is 5.26. The zero-order chi connectivity index (χ0) is 11.1. The fourth-order valence-electron chi connectivity index (χ4n) is 2.61. The van der Waals surface area contributed by atoms with Crippen LogP contribution in [0.5, 0.6) is 0 Å². The molecule has 0 aromatic carbocycles. The molecule has 0 unspecified atom stereocenters. The van der Waals surface area contributed by atoms with E-state index in [0.717, 1.165) is 34.8 Å². The van der Waals surface area contributed by atoms with Crippen LogP contribution in [0.1, 0.15) is 9.67 Å². The van der Waals surface area contributed by atoms with E-state index < -0.39 is 0 Å². The van der Waals surface area contributed by atoms with Gasteiger partial charge < -0.3 is 10.2 Å². The van der Waals surface area contributed by atoms with E-state index in [-0.39, 0.29) is 18.3 Å². The van der Waals surface area contributed by atoms with Gasteiger partial charge in [0, 0.05) is 26.2 Å². The van der Waals surface area contributed by atoms with Crippen LogP contribution in [-0.4, -0.2) is 37.0 Å². The molecule has 0 bridgehead atoms. The molecule has 0 aliphatic carbocycles. The molecule has 2 saturated heterocycles. The summed E-state index contributed by atoms with van der Waals surface area (Å²) >= 11 is 4.92. The van der Waals surface area contributed by atoms with Crippen LogP contribution >= 0.6 is 39.7 Å². The number of amides is 1. The van der Waals surface area contributed by atoms with Crippen molar-refractivity contribution in [1.29, 1.82) is 0 Å².